The Labute approximate surface area is 101 Å². The summed E-state index contributed by atoms with van der Waals surface area (Å²) in [6, 6.07) is 7.39. The molecule has 1 unspecified atom stereocenters. The standard InChI is InChI=1S/C13H17NO3/c1-2-10-5-3-4-6-11(10)14-7-8-17-9-12(14)13(15)16/h3-6,12H,2,7-9H2,1H3,(H,15,16). The van der Waals surface area contributed by atoms with Gasteiger partial charge in [0, 0.05) is 12.2 Å². The van der Waals surface area contributed by atoms with Gasteiger partial charge in [0.2, 0.25) is 0 Å². The van der Waals surface area contributed by atoms with Gasteiger partial charge in [-0.1, -0.05) is 25.1 Å². The van der Waals surface area contributed by atoms with Gasteiger partial charge in [-0.15, -0.1) is 0 Å². The molecule has 1 aliphatic rings. The van der Waals surface area contributed by atoms with Crippen molar-refractivity contribution >= 4 is 11.7 Å². The number of aliphatic carboxylic acids is 1. The van der Waals surface area contributed by atoms with Gasteiger partial charge in [0.25, 0.3) is 0 Å². The highest BCUT2D eigenvalue weighted by molar-refractivity contribution is 5.79. The van der Waals surface area contributed by atoms with Gasteiger partial charge in [-0.25, -0.2) is 4.79 Å². The van der Waals surface area contributed by atoms with Crippen molar-refractivity contribution in [1.29, 1.82) is 0 Å². The number of benzene rings is 1. The summed E-state index contributed by atoms with van der Waals surface area (Å²) in [5, 5.41) is 9.21. The summed E-state index contributed by atoms with van der Waals surface area (Å²) in [4.78, 5) is 13.2. The van der Waals surface area contributed by atoms with Gasteiger partial charge in [-0.05, 0) is 18.1 Å². The quantitative estimate of drug-likeness (QED) is 0.863. The third kappa shape index (κ3) is 2.42. The summed E-state index contributed by atoms with van der Waals surface area (Å²) in [5.41, 5.74) is 2.20. The fourth-order valence-corrected chi connectivity index (χ4v) is 2.19. The van der Waals surface area contributed by atoms with Crippen LogP contribution >= 0.6 is 0 Å². The second-order valence-electron chi connectivity index (χ2n) is 4.10. The van der Waals surface area contributed by atoms with E-state index in [0.29, 0.717) is 13.2 Å². The van der Waals surface area contributed by atoms with Crippen LogP contribution in [0.1, 0.15) is 12.5 Å². The lowest BCUT2D eigenvalue weighted by atomic mass is 10.1. The number of carbonyl (C=O) groups is 1. The Morgan fingerprint density at radius 2 is 2.29 bits per heavy atom. The molecule has 1 fully saturated rings. The fraction of sp³-hybridized carbons (Fsp3) is 0.462. The van der Waals surface area contributed by atoms with Gasteiger partial charge >= 0.3 is 5.97 Å². The Bertz CT molecular complexity index is 405. The maximum atomic E-state index is 11.2. The Morgan fingerprint density at radius 3 is 3.00 bits per heavy atom. The minimum Gasteiger partial charge on any atom is -0.480 e. The molecule has 0 amide bonds. The second kappa shape index (κ2) is 5.19. The van der Waals surface area contributed by atoms with Crippen molar-refractivity contribution in [2.24, 2.45) is 0 Å². The lowest BCUT2D eigenvalue weighted by molar-refractivity contribution is -0.141. The van der Waals surface area contributed by atoms with E-state index in [4.69, 9.17) is 4.74 Å². The summed E-state index contributed by atoms with van der Waals surface area (Å²) < 4.78 is 5.25. The summed E-state index contributed by atoms with van der Waals surface area (Å²) >= 11 is 0. The Morgan fingerprint density at radius 1 is 1.53 bits per heavy atom. The summed E-state index contributed by atoms with van der Waals surface area (Å²) in [6.45, 7) is 3.55. The number of morpholine rings is 1. The Balaban J connectivity index is 2.32. The van der Waals surface area contributed by atoms with Crippen molar-refractivity contribution in [2.75, 3.05) is 24.7 Å². The van der Waals surface area contributed by atoms with Crippen molar-refractivity contribution in [3.05, 3.63) is 29.8 Å². The van der Waals surface area contributed by atoms with E-state index in [9.17, 15) is 9.90 Å². The number of ether oxygens (including phenoxy) is 1. The molecule has 1 aliphatic heterocycles. The molecular formula is C13H17NO3. The van der Waals surface area contributed by atoms with Crippen molar-refractivity contribution < 1.29 is 14.6 Å². The molecular weight excluding hydrogens is 218 g/mol. The number of rotatable bonds is 3. The van der Waals surface area contributed by atoms with Crippen LogP contribution in [-0.2, 0) is 16.0 Å². The molecule has 0 spiro atoms. The highest BCUT2D eigenvalue weighted by Gasteiger charge is 2.30. The van der Waals surface area contributed by atoms with Crippen LogP contribution in [0.5, 0.6) is 0 Å². The van der Waals surface area contributed by atoms with Crippen LogP contribution in [0.15, 0.2) is 24.3 Å². The SMILES string of the molecule is CCc1ccccc1N1CCOCC1C(=O)O. The molecule has 17 heavy (non-hydrogen) atoms. The van der Waals surface area contributed by atoms with Gasteiger partial charge in [0.15, 0.2) is 6.04 Å². The number of anilines is 1. The number of para-hydroxylation sites is 1. The monoisotopic (exact) mass is 235 g/mol. The van der Waals surface area contributed by atoms with Crippen LogP contribution in [0.3, 0.4) is 0 Å². The lowest BCUT2D eigenvalue weighted by Gasteiger charge is -2.35. The topological polar surface area (TPSA) is 49.8 Å². The molecule has 0 aromatic heterocycles. The van der Waals surface area contributed by atoms with Crippen LogP contribution in [-0.4, -0.2) is 36.9 Å². The maximum Gasteiger partial charge on any atom is 0.328 e. The Kier molecular flexibility index (Phi) is 3.64. The van der Waals surface area contributed by atoms with Gasteiger partial charge in [-0.2, -0.15) is 0 Å². The lowest BCUT2D eigenvalue weighted by Crippen LogP contribution is -2.50. The highest BCUT2D eigenvalue weighted by Crippen LogP contribution is 2.24. The van der Waals surface area contributed by atoms with Crippen molar-refractivity contribution in [1.82, 2.24) is 0 Å². The number of carboxylic acid groups (broad SMARTS) is 1. The molecule has 92 valence electrons. The first kappa shape index (κ1) is 11.9. The zero-order valence-corrected chi connectivity index (χ0v) is 9.93. The first-order valence-corrected chi connectivity index (χ1v) is 5.89. The fourth-order valence-electron chi connectivity index (χ4n) is 2.19. The zero-order valence-electron chi connectivity index (χ0n) is 9.93. The summed E-state index contributed by atoms with van der Waals surface area (Å²) in [5.74, 6) is -0.824. The normalized spacial score (nSPS) is 20.3. The number of carboxylic acids is 1. The van der Waals surface area contributed by atoms with Crippen molar-refractivity contribution in [2.45, 2.75) is 19.4 Å². The van der Waals surface area contributed by atoms with Crippen LogP contribution in [0.4, 0.5) is 5.69 Å². The average Bonchev–Trinajstić information content (AvgIpc) is 2.38. The molecule has 4 nitrogen and oxygen atoms in total. The molecule has 0 bridgehead atoms. The molecule has 1 atom stereocenters. The van der Waals surface area contributed by atoms with Gasteiger partial charge < -0.3 is 14.7 Å². The van der Waals surface area contributed by atoms with E-state index in [1.165, 1.54) is 5.56 Å². The summed E-state index contributed by atoms with van der Waals surface area (Å²) in [6.07, 6.45) is 0.903. The average molecular weight is 235 g/mol. The van der Waals surface area contributed by atoms with E-state index < -0.39 is 12.0 Å². The van der Waals surface area contributed by atoms with Gasteiger partial charge in [0.1, 0.15) is 0 Å². The molecule has 2 rings (SSSR count). The van der Waals surface area contributed by atoms with Gasteiger partial charge in [-0.3, -0.25) is 0 Å². The van der Waals surface area contributed by atoms with E-state index in [-0.39, 0.29) is 6.61 Å². The summed E-state index contributed by atoms with van der Waals surface area (Å²) in [7, 11) is 0. The first-order valence-electron chi connectivity index (χ1n) is 5.89. The molecule has 1 aromatic rings. The number of nitrogens with zero attached hydrogens (tertiary/aromatic N) is 1. The van der Waals surface area contributed by atoms with Gasteiger partial charge in [0.05, 0.1) is 13.2 Å². The molecule has 4 heteroatoms. The molecule has 1 saturated heterocycles. The predicted octanol–water partition coefficient (Wildman–Crippen LogP) is 1.54. The van der Waals surface area contributed by atoms with E-state index >= 15 is 0 Å². The molecule has 1 aromatic carbocycles. The molecule has 0 radical (unpaired) electrons. The third-order valence-electron chi connectivity index (χ3n) is 3.10. The van der Waals surface area contributed by atoms with E-state index in [1.807, 2.05) is 29.2 Å². The van der Waals surface area contributed by atoms with E-state index in [1.54, 1.807) is 0 Å². The molecule has 1 N–H and O–H groups in total. The first-order chi connectivity index (χ1) is 8.24. The second-order valence-corrected chi connectivity index (χ2v) is 4.10. The minimum absolute atomic E-state index is 0.257. The highest BCUT2D eigenvalue weighted by atomic mass is 16.5. The van der Waals surface area contributed by atoms with E-state index in [0.717, 1.165) is 12.1 Å². The predicted molar refractivity (Wildman–Crippen MR) is 65.4 cm³/mol. The number of aryl methyl sites for hydroxylation is 1. The number of hydrogen-bond acceptors (Lipinski definition) is 3. The molecule has 0 saturated carbocycles. The third-order valence-corrected chi connectivity index (χ3v) is 3.10. The maximum absolute atomic E-state index is 11.2. The van der Waals surface area contributed by atoms with Crippen LogP contribution < -0.4 is 4.90 Å². The van der Waals surface area contributed by atoms with Crippen LogP contribution in [0, 0.1) is 0 Å². The van der Waals surface area contributed by atoms with E-state index in [2.05, 4.69) is 6.92 Å². The smallest absolute Gasteiger partial charge is 0.328 e. The Hall–Kier alpha value is -1.55. The van der Waals surface area contributed by atoms with Crippen molar-refractivity contribution in [3.63, 3.8) is 0 Å². The minimum atomic E-state index is -0.824. The largest absolute Gasteiger partial charge is 0.480 e. The molecule has 1 heterocycles. The zero-order chi connectivity index (χ0) is 12.3. The van der Waals surface area contributed by atoms with Crippen molar-refractivity contribution in [3.8, 4) is 0 Å². The van der Waals surface area contributed by atoms with Crippen LogP contribution in [0.2, 0.25) is 0 Å². The van der Waals surface area contributed by atoms with Crippen LogP contribution in [0.25, 0.3) is 0 Å². The molecule has 0 aliphatic carbocycles. The number of hydrogen-bond donors (Lipinski definition) is 1.